The number of aromatic nitrogens is 2. The van der Waals surface area contributed by atoms with E-state index in [1.54, 1.807) is 31.4 Å². The van der Waals surface area contributed by atoms with E-state index in [2.05, 4.69) is 10.4 Å². The molecule has 0 unspecified atom stereocenters. The minimum Gasteiger partial charge on any atom is -0.347 e. The van der Waals surface area contributed by atoms with Gasteiger partial charge in [-0.1, -0.05) is 23.7 Å². The summed E-state index contributed by atoms with van der Waals surface area (Å²) >= 11 is 5.78. The van der Waals surface area contributed by atoms with Gasteiger partial charge in [0.15, 0.2) is 0 Å². The monoisotopic (exact) mass is 249 g/mol. The fourth-order valence-electron chi connectivity index (χ4n) is 1.47. The lowest BCUT2D eigenvalue weighted by Gasteiger charge is -2.05. The molecule has 2 rings (SSSR count). The van der Waals surface area contributed by atoms with Gasteiger partial charge in [0.05, 0.1) is 0 Å². The van der Waals surface area contributed by atoms with E-state index in [0.29, 0.717) is 17.3 Å². The van der Waals surface area contributed by atoms with Crippen molar-refractivity contribution in [1.29, 1.82) is 0 Å². The van der Waals surface area contributed by atoms with Gasteiger partial charge in [-0.2, -0.15) is 5.10 Å². The Bertz CT molecular complexity index is 519. The molecule has 1 heterocycles. The third-order valence-electron chi connectivity index (χ3n) is 2.42. The van der Waals surface area contributed by atoms with E-state index in [1.807, 2.05) is 12.1 Å². The SMILES string of the molecule is Cn1nccc1C(=O)NCc1ccc(Cl)cc1. The number of rotatable bonds is 3. The lowest BCUT2D eigenvalue weighted by molar-refractivity contribution is 0.0941. The lowest BCUT2D eigenvalue weighted by Crippen LogP contribution is -2.25. The van der Waals surface area contributed by atoms with Gasteiger partial charge in [-0.05, 0) is 23.8 Å². The Balaban J connectivity index is 1.97. The molecule has 0 saturated heterocycles. The summed E-state index contributed by atoms with van der Waals surface area (Å²) in [5, 5.41) is 7.45. The predicted octanol–water partition coefficient (Wildman–Crippen LogP) is 2.00. The molecule has 0 aliphatic heterocycles. The van der Waals surface area contributed by atoms with Crippen LogP contribution in [-0.4, -0.2) is 15.7 Å². The first kappa shape index (κ1) is 11.7. The molecule has 0 fully saturated rings. The van der Waals surface area contributed by atoms with E-state index in [-0.39, 0.29) is 5.91 Å². The van der Waals surface area contributed by atoms with Gasteiger partial charge in [0.2, 0.25) is 0 Å². The Kier molecular flexibility index (Phi) is 3.44. The zero-order valence-corrected chi connectivity index (χ0v) is 10.1. The molecular weight excluding hydrogens is 238 g/mol. The van der Waals surface area contributed by atoms with Gasteiger partial charge < -0.3 is 5.32 Å². The van der Waals surface area contributed by atoms with Crippen LogP contribution in [0.25, 0.3) is 0 Å². The molecule has 1 aromatic carbocycles. The smallest absolute Gasteiger partial charge is 0.269 e. The number of nitrogens with zero attached hydrogens (tertiary/aromatic N) is 2. The van der Waals surface area contributed by atoms with Crippen molar-refractivity contribution in [2.45, 2.75) is 6.54 Å². The summed E-state index contributed by atoms with van der Waals surface area (Å²) < 4.78 is 1.54. The summed E-state index contributed by atoms with van der Waals surface area (Å²) in [4.78, 5) is 11.8. The van der Waals surface area contributed by atoms with E-state index in [9.17, 15) is 4.79 Å². The van der Waals surface area contributed by atoms with Gasteiger partial charge in [-0.3, -0.25) is 9.48 Å². The van der Waals surface area contributed by atoms with Gasteiger partial charge in [0.25, 0.3) is 5.91 Å². The summed E-state index contributed by atoms with van der Waals surface area (Å²) in [7, 11) is 1.73. The Morgan fingerprint density at radius 2 is 2.06 bits per heavy atom. The number of nitrogens with one attached hydrogen (secondary N) is 1. The Hall–Kier alpha value is -1.81. The molecule has 88 valence electrons. The molecule has 0 atom stereocenters. The molecular formula is C12H12ClN3O. The van der Waals surface area contributed by atoms with Crippen LogP contribution in [0.4, 0.5) is 0 Å². The maximum absolute atomic E-state index is 11.8. The molecule has 2 aromatic rings. The molecule has 5 heteroatoms. The second kappa shape index (κ2) is 5.01. The van der Waals surface area contributed by atoms with Crippen LogP contribution in [0, 0.1) is 0 Å². The number of carbonyl (C=O) groups is 1. The number of aryl methyl sites for hydroxylation is 1. The minimum atomic E-state index is -0.139. The van der Waals surface area contributed by atoms with Crippen molar-refractivity contribution in [3.05, 3.63) is 52.8 Å². The van der Waals surface area contributed by atoms with Gasteiger partial charge in [0, 0.05) is 24.8 Å². The summed E-state index contributed by atoms with van der Waals surface area (Å²) in [6.45, 7) is 0.473. The largest absolute Gasteiger partial charge is 0.347 e. The normalized spacial score (nSPS) is 10.2. The van der Waals surface area contributed by atoms with E-state index in [0.717, 1.165) is 5.56 Å². The van der Waals surface area contributed by atoms with Crippen molar-refractivity contribution in [2.24, 2.45) is 7.05 Å². The van der Waals surface area contributed by atoms with E-state index < -0.39 is 0 Å². The second-order valence-electron chi connectivity index (χ2n) is 3.65. The summed E-state index contributed by atoms with van der Waals surface area (Å²) in [6.07, 6.45) is 1.59. The molecule has 0 saturated carbocycles. The molecule has 1 N–H and O–H groups in total. The molecule has 0 aliphatic rings. The standard InChI is InChI=1S/C12H12ClN3O/c1-16-11(6-7-15-16)12(17)14-8-9-2-4-10(13)5-3-9/h2-7H,8H2,1H3,(H,14,17). The maximum atomic E-state index is 11.8. The minimum absolute atomic E-state index is 0.139. The van der Waals surface area contributed by atoms with Crippen molar-refractivity contribution < 1.29 is 4.79 Å². The zero-order chi connectivity index (χ0) is 12.3. The van der Waals surface area contributed by atoms with Crippen LogP contribution < -0.4 is 5.32 Å². The van der Waals surface area contributed by atoms with Crippen LogP contribution in [0.5, 0.6) is 0 Å². The molecule has 0 spiro atoms. The van der Waals surface area contributed by atoms with Crippen LogP contribution in [0.3, 0.4) is 0 Å². The average Bonchev–Trinajstić information content (AvgIpc) is 2.74. The molecule has 0 bridgehead atoms. The number of benzene rings is 1. The molecule has 1 amide bonds. The zero-order valence-electron chi connectivity index (χ0n) is 9.35. The molecule has 0 aliphatic carbocycles. The molecule has 4 nitrogen and oxygen atoms in total. The highest BCUT2D eigenvalue weighted by Gasteiger charge is 2.08. The fourth-order valence-corrected chi connectivity index (χ4v) is 1.60. The van der Waals surface area contributed by atoms with Crippen molar-refractivity contribution >= 4 is 17.5 Å². The quantitative estimate of drug-likeness (QED) is 0.905. The van der Waals surface area contributed by atoms with Crippen LogP contribution in [0.2, 0.25) is 5.02 Å². The Morgan fingerprint density at radius 1 is 1.35 bits per heavy atom. The number of carbonyl (C=O) groups excluding carboxylic acids is 1. The van der Waals surface area contributed by atoms with Crippen LogP contribution in [0.15, 0.2) is 36.5 Å². The summed E-state index contributed by atoms with van der Waals surface area (Å²) in [5.74, 6) is -0.139. The number of hydrogen-bond acceptors (Lipinski definition) is 2. The Labute approximate surface area is 104 Å². The summed E-state index contributed by atoms with van der Waals surface area (Å²) in [6, 6.07) is 9.04. The Morgan fingerprint density at radius 3 is 2.65 bits per heavy atom. The average molecular weight is 250 g/mol. The fraction of sp³-hybridized carbons (Fsp3) is 0.167. The number of hydrogen-bond donors (Lipinski definition) is 1. The van der Waals surface area contributed by atoms with E-state index in [1.165, 1.54) is 4.68 Å². The van der Waals surface area contributed by atoms with Crippen molar-refractivity contribution in [3.63, 3.8) is 0 Å². The number of halogens is 1. The molecule has 0 radical (unpaired) electrons. The third kappa shape index (κ3) is 2.85. The lowest BCUT2D eigenvalue weighted by atomic mass is 10.2. The maximum Gasteiger partial charge on any atom is 0.269 e. The highest BCUT2D eigenvalue weighted by Crippen LogP contribution is 2.09. The van der Waals surface area contributed by atoms with Crippen molar-refractivity contribution in [1.82, 2.24) is 15.1 Å². The first-order valence-corrected chi connectivity index (χ1v) is 5.55. The predicted molar refractivity (Wildman–Crippen MR) is 65.8 cm³/mol. The number of amides is 1. The van der Waals surface area contributed by atoms with E-state index in [4.69, 9.17) is 11.6 Å². The van der Waals surface area contributed by atoms with Crippen molar-refractivity contribution in [2.75, 3.05) is 0 Å². The first-order chi connectivity index (χ1) is 8.16. The second-order valence-corrected chi connectivity index (χ2v) is 4.09. The molecule has 1 aromatic heterocycles. The molecule has 17 heavy (non-hydrogen) atoms. The van der Waals surface area contributed by atoms with Gasteiger partial charge in [0.1, 0.15) is 5.69 Å². The third-order valence-corrected chi connectivity index (χ3v) is 2.67. The van der Waals surface area contributed by atoms with Crippen LogP contribution >= 0.6 is 11.6 Å². The van der Waals surface area contributed by atoms with Crippen molar-refractivity contribution in [3.8, 4) is 0 Å². The van der Waals surface area contributed by atoms with Crippen LogP contribution in [-0.2, 0) is 13.6 Å². The highest BCUT2D eigenvalue weighted by molar-refractivity contribution is 6.30. The summed E-state index contributed by atoms with van der Waals surface area (Å²) in [5.41, 5.74) is 1.55. The van der Waals surface area contributed by atoms with Gasteiger partial charge in [-0.25, -0.2) is 0 Å². The van der Waals surface area contributed by atoms with Crippen LogP contribution in [0.1, 0.15) is 16.1 Å². The van der Waals surface area contributed by atoms with Gasteiger partial charge >= 0.3 is 0 Å². The van der Waals surface area contributed by atoms with Gasteiger partial charge in [-0.15, -0.1) is 0 Å². The van der Waals surface area contributed by atoms with E-state index >= 15 is 0 Å². The topological polar surface area (TPSA) is 46.9 Å². The first-order valence-electron chi connectivity index (χ1n) is 5.17. The highest BCUT2D eigenvalue weighted by atomic mass is 35.5.